The van der Waals surface area contributed by atoms with E-state index in [0.717, 1.165) is 45.3 Å². The van der Waals surface area contributed by atoms with E-state index >= 15 is 0 Å². The molecular formula is C16H27N3O3. The van der Waals surface area contributed by atoms with Crippen molar-refractivity contribution in [2.24, 2.45) is 0 Å². The van der Waals surface area contributed by atoms with Gasteiger partial charge in [-0.05, 0) is 25.7 Å². The molecule has 3 aliphatic heterocycles. The Balaban J connectivity index is 1.74. The van der Waals surface area contributed by atoms with Crippen molar-refractivity contribution in [2.75, 3.05) is 39.9 Å². The van der Waals surface area contributed by atoms with Crippen molar-refractivity contribution < 1.29 is 14.3 Å². The molecule has 1 N–H and O–H groups in total. The fraction of sp³-hybridized carbons (Fsp3) is 0.875. The fourth-order valence-corrected chi connectivity index (χ4v) is 3.99. The molecule has 3 fully saturated rings. The molecule has 0 saturated carbocycles. The van der Waals surface area contributed by atoms with Gasteiger partial charge in [-0.1, -0.05) is 12.8 Å². The molecule has 1 unspecified atom stereocenters. The summed E-state index contributed by atoms with van der Waals surface area (Å²) in [6.07, 6.45) is 6.46. The van der Waals surface area contributed by atoms with Gasteiger partial charge in [-0.25, -0.2) is 0 Å². The molecule has 0 radical (unpaired) electrons. The maximum atomic E-state index is 13.0. The largest absolute Gasteiger partial charge is 0.376 e. The van der Waals surface area contributed by atoms with E-state index in [1.54, 1.807) is 7.05 Å². The van der Waals surface area contributed by atoms with E-state index < -0.39 is 5.54 Å². The number of likely N-dealkylation sites (tertiary alicyclic amines) is 2. The second-order valence-corrected chi connectivity index (χ2v) is 6.69. The Hall–Kier alpha value is -1.14. The molecule has 1 atom stereocenters. The van der Waals surface area contributed by atoms with E-state index in [4.69, 9.17) is 4.74 Å². The summed E-state index contributed by atoms with van der Waals surface area (Å²) in [5, 5.41) is 2.75. The first-order valence-corrected chi connectivity index (χ1v) is 8.54. The standard InChI is InChI=1S/C16H27N3O3/c1-17-15(21)16(11-22-12-16)19-10-6-7-13(19)14(20)18-8-4-2-3-5-9-18/h13H,2-12H2,1H3,(H,17,21). The van der Waals surface area contributed by atoms with Gasteiger partial charge in [0.15, 0.2) is 0 Å². The summed E-state index contributed by atoms with van der Waals surface area (Å²) in [7, 11) is 1.66. The smallest absolute Gasteiger partial charge is 0.245 e. The van der Waals surface area contributed by atoms with Crippen molar-refractivity contribution in [3.05, 3.63) is 0 Å². The van der Waals surface area contributed by atoms with Crippen LogP contribution in [0.2, 0.25) is 0 Å². The summed E-state index contributed by atoms with van der Waals surface area (Å²) in [6.45, 7) is 3.34. The molecule has 3 aliphatic rings. The highest BCUT2D eigenvalue weighted by atomic mass is 16.5. The first kappa shape index (κ1) is 15.7. The number of carbonyl (C=O) groups is 2. The fourth-order valence-electron chi connectivity index (χ4n) is 3.99. The third kappa shape index (κ3) is 2.63. The van der Waals surface area contributed by atoms with Crippen molar-refractivity contribution in [1.82, 2.24) is 15.1 Å². The Bertz CT molecular complexity index is 428. The Labute approximate surface area is 132 Å². The molecule has 3 saturated heterocycles. The Morgan fingerprint density at radius 2 is 1.73 bits per heavy atom. The lowest BCUT2D eigenvalue weighted by Crippen LogP contribution is -2.71. The van der Waals surface area contributed by atoms with Crippen LogP contribution in [0.4, 0.5) is 0 Å². The molecule has 0 bridgehead atoms. The van der Waals surface area contributed by atoms with Crippen LogP contribution in [0.3, 0.4) is 0 Å². The van der Waals surface area contributed by atoms with Gasteiger partial charge in [-0.3, -0.25) is 14.5 Å². The number of hydrogen-bond acceptors (Lipinski definition) is 4. The van der Waals surface area contributed by atoms with Crippen molar-refractivity contribution in [3.8, 4) is 0 Å². The predicted octanol–water partition coefficient (Wildman–Crippen LogP) is 0.368. The van der Waals surface area contributed by atoms with Gasteiger partial charge in [0.1, 0.15) is 5.54 Å². The number of nitrogens with one attached hydrogen (secondary N) is 1. The van der Waals surface area contributed by atoms with Crippen molar-refractivity contribution in [2.45, 2.75) is 50.1 Å². The molecule has 0 aromatic rings. The van der Waals surface area contributed by atoms with Crippen molar-refractivity contribution >= 4 is 11.8 Å². The summed E-state index contributed by atoms with van der Waals surface area (Å²) in [5.41, 5.74) is -0.628. The normalized spacial score (nSPS) is 28.8. The molecule has 2 amide bonds. The van der Waals surface area contributed by atoms with E-state index in [1.165, 1.54) is 12.8 Å². The van der Waals surface area contributed by atoms with Gasteiger partial charge in [0.25, 0.3) is 0 Å². The lowest BCUT2D eigenvalue weighted by atomic mass is 9.92. The van der Waals surface area contributed by atoms with Crippen molar-refractivity contribution in [1.29, 1.82) is 0 Å². The van der Waals surface area contributed by atoms with Gasteiger partial charge in [-0.2, -0.15) is 0 Å². The Morgan fingerprint density at radius 1 is 1.05 bits per heavy atom. The Kier molecular flexibility index (Phi) is 4.68. The zero-order valence-electron chi connectivity index (χ0n) is 13.5. The molecule has 6 nitrogen and oxygen atoms in total. The summed E-state index contributed by atoms with van der Waals surface area (Å²) in [5.74, 6) is 0.198. The lowest BCUT2D eigenvalue weighted by Gasteiger charge is -2.48. The number of hydrogen-bond donors (Lipinski definition) is 1. The molecule has 3 heterocycles. The quantitative estimate of drug-likeness (QED) is 0.818. The summed E-state index contributed by atoms with van der Waals surface area (Å²) in [4.78, 5) is 29.5. The minimum atomic E-state index is -0.628. The van der Waals surface area contributed by atoms with Crippen LogP contribution < -0.4 is 5.32 Å². The molecule has 22 heavy (non-hydrogen) atoms. The van der Waals surface area contributed by atoms with E-state index in [-0.39, 0.29) is 17.9 Å². The second-order valence-electron chi connectivity index (χ2n) is 6.69. The zero-order valence-corrected chi connectivity index (χ0v) is 13.5. The molecule has 0 spiro atoms. The highest BCUT2D eigenvalue weighted by molar-refractivity contribution is 5.89. The molecule has 6 heteroatoms. The van der Waals surface area contributed by atoms with Gasteiger partial charge >= 0.3 is 0 Å². The lowest BCUT2D eigenvalue weighted by molar-refractivity contribution is -0.176. The van der Waals surface area contributed by atoms with Gasteiger partial charge in [-0.15, -0.1) is 0 Å². The van der Waals surface area contributed by atoms with Crippen LogP contribution >= 0.6 is 0 Å². The van der Waals surface area contributed by atoms with Crippen LogP contribution in [0, 0.1) is 0 Å². The zero-order chi connectivity index (χ0) is 15.6. The number of likely N-dealkylation sites (N-methyl/N-ethyl adjacent to an activating group) is 1. The van der Waals surface area contributed by atoms with Crippen LogP contribution in [0.15, 0.2) is 0 Å². The minimum Gasteiger partial charge on any atom is -0.376 e. The van der Waals surface area contributed by atoms with Crippen LogP contribution in [-0.4, -0.2) is 73.1 Å². The summed E-state index contributed by atoms with van der Waals surface area (Å²) >= 11 is 0. The van der Waals surface area contributed by atoms with E-state index in [1.807, 2.05) is 4.90 Å². The number of nitrogens with zero attached hydrogens (tertiary/aromatic N) is 2. The average Bonchev–Trinajstić information content (AvgIpc) is 2.80. The highest BCUT2D eigenvalue weighted by Crippen LogP contribution is 2.34. The molecule has 0 aromatic carbocycles. The second kappa shape index (κ2) is 6.54. The molecule has 0 aliphatic carbocycles. The van der Waals surface area contributed by atoms with E-state index in [2.05, 4.69) is 10.2 Å². The average molecular weight is 309 g/mol. The molecule has 124 valence electrons. The van der Waals surface area contributed by atoms with Gasteiger partial charge < -0.3 is 15.0 Å². The first-order valence-electron chi connectivity index (χ1n) is 8.54. The molecular weight excluding hydrogens is 282 g/mol. The number of rotatable bonds is 3. The third-order valence-electron chi connectivity index (χ3n) is 5.34. The first-order chi connectivity index (χ1) is 10.7. The summed E-state index contributed by atoms with van der Waals surface area (Å²) < 4.78 is 5.34. The number of carbonyl (C=O) groups excluding carboxylic acids is 2. The predicted molar refractivity (Wildman–Crippen MR) is 82.4 cm³/mol. The minimum absolute atomic E-state index is 0.0192. The van der Waals surface area contributed by atoms with Crippen LogP contribution in [0.25, 0.3) is 0 Å². The van der Waals surface area contributed by atoms with Gasteiger partial charge in [0.2, 0.25) is 11.8 Å². The molecule has 3 rings (SSSR count). The summed E-state index contributed by atoms with van der Waals surface area (Å²) in [6, 6.07) is -0.153. The number of amides is 2. The highest BCUT2D eigenvalue weighted by Gasteiger charge is 2.55. The van der Waals surface area contributed by atoms with Gasteiger partial charge in [0, 0.05) is 26.7 Å². The topological polar surface area (TPSA) is 61.9 Å². The Morgan fingerprint density at radius 3 is 2.27 bits per heavy atom. The van der Waals surface area contributed by atoms with E-state index in [0.29, 0.717) is 13.2 Å². The SMILES string of the molecule is CNC(=O)C1(N2CCCC2C(=O)N2CCCCCC2)COC1. The van der Waals surface area contributed by atoms with Crippen molar-refractivity contribution in [3.63, 3.8) is 0 Å². The monoisotopic (exact) mass is 309 g/mol. The van der Waals surface area contributed by atoms with E-state index in [9.17, 15) is 9.59 Å². The number of ether oxygens (including phenoxy) is 1. The molecule has 0 aromatic heterocycles. The van der Waals surface area contributed by atoms with Crippen LogP contribution in [0.5, 0.6) is 0 Å². The maximum Gasteiger partial charge on any atom is 0.245 e. The van der Waals surface area contributed by atoms with Gasteiger partial charge in [0.05, 0.1) is 19.3 Å². The maximum absolute atomic E-state index is 13.0. The van der Waals surface area contributed by atoms with Crippen LogP contribution in [-0.2, 0) is 14.3 Å². The van der Waals surface area contributed by atoms with Crippen LogP contribution in [0.1, 0.15) is 38.5 Å². The third-order valence-corrected chi connectivity index (χ3v) is 5.34.